The molecule has 10 nitrogen and oxygen atoms in total. The number of carbonyl (C=O) groups excluding carboxylic acids is 2. The summed E-state index contributed by atoms with van der Waals surface area (Å²) < 4.78 is 6.36. The fraction of sp³-hybridized carbons (Fsp3) is 0.739. The summed E-state index contributed by atoms with van der Waals surface area (Å²) in [5.41, 5.74) is 4.74. The maximum atomic E-state index is 13.1. The van der Waals surface area contributed by atoms with Gasteiger partial charge in [-0.25, -0.2) is 4.79 Å². The maximum Gasteiger partial charge on any atom is 0.330 e. The molecule has 33 heavy (non-hydrogen) atoms. The summed E-state index contributed by atoms with van der Waals surface area (Å²) in [6, 6.07) is 0.149. The minimum absolute atomic E-state index is 0.0161. The molecule has 1 aliphatic rings. The van der Waals surface area contributed by atoms with Crippen LogP contribution in [0.1, 0.15) is 71.6 Å². The quantitative estimate of drug-likeness (QED) is 0.481. The van der Waals surface area contributed by atoms with Crippen LogP contribution < -0.4 is 27.2 Å². The average Bonchev–Trinajstić information content (AvgIpc) is 2.73. The van der Waals surface area contributed by atoms with E-state index in [-0.39, 0.29) is 55.4 Å². The van der Waals surface area contributed by atoms with Crippen molar-refractivity contribution in [3.05, 3.63) is 20.8 Å². The molecule has 10 heteroatoms. The number of ether oxygens (including phenoxy) is 1. The second kappa shape index (κ2) is 13.2. The highest BCUT2D eigenvalue weighted by atomic mass is 16.5. The first-order valence-corrected chi connectivity index (χ1v) is 12.0. The Morgan fingerprint density at radius 3 is 2.39 bits per heavy atom. The third kappa shape index (κ3) is 8.03. The number of anilines is 2. The SMILES string of the molecule is COCCN(C(=O)CCC(=O)NC1CCCCCCC1)c1c(N)n(CC(C)C)c(=O)[nH]c1=O. The molecule has 0 atom stereocenters. The molecule has 186 valence electrons. The van der Waals surface area contributed by atoms with Gasteiger partial charge in [0.1, 0.15) is 5.82 Å². The second-order valence-electron chi connectivity index (χ2n) is 9.15. The summed E-state index contributed by atoms with van der Waals surface area (Å²) in [6.07, 6.45) is 7.69. The summed E-state index contributed by atoms with van der Waals surface area (Å²) in [6.45, 7) is 4.37. The number of H-pyrrole nitrogens is 1. The Bertz CT molecular complexity index is 899. The molecule has 4 N–H and O–H groups in total. The van der Waals surface area contributed by atoms with Crippen LogP contribution >= 0.6 is 0 Å². The van der Waals surface area contributed by atoms with Crippen molar-refractivity contribution in [1.82, 2.24) is 14.9 Å². The number of aromatic nitrogens is 2. The number of hydrogen-bond donors (Lipinski definition) is 3. The van der Waals surface area contributed by atoms with Crippen molar-refractivity contribution in [2.45, 2.75) is 84.2 Å². The maximum absolute atomic E-state index is 13.1. The van der Waals surface area contributed by atoms with Gasteiger partial charge in [0.05, 0.1) is 6.61 Å². The van der Waals surface area contributed by atoms with E-state index in [1.807, 2.05) is 13.8 Å². The lowest BCUT2D eigenvalue weighted by atomic mass is 9.96. The average molecular weight is 466 g/mol. The van der Waals surface area contributed by atoms with Crippen LogP contribution in [0, 0.1) is 5.92 Å². The van der Waals surface area contributed by atoms with Gasteiger partial charge < -0.3 is 20.7 Å². The molecule has 1 heterocycles. The molecule has 1 aromatic rings. The lowest BCUT2D eigenvalue weighted by Crippen LogP contribution is -2.43. The summed E-state index contributed by atoms with van der Waals surface area (Å²) in [5.74, 6) is -0.566. The standard InChI is InChI=1S/C23H39N5O5/c1-16(2)15-28-21(24)20(22(31)26-23(28)32)27(13-14-33-3)19(30)12-11-18(29)25-17-9-7-5-4-6-8-10-17/h16-17H,4-15,24H2,1-3H3,(H,25,29)(H,26,31,32). The highest BCUT2D eigenvalue weighted by Crippen LogP contribution is 2.20. The Kier molecular flexibility index (Phi) is 10.6. The third-order valence-electron chi connectivity index (χ3n) is 5.89. The van der Waals surface area contributed by atoms with Crippen LogP contribution in [-0.2, 0) is 20.9 Å². The molecule has 0 spiro atoms. The van der Waals surface area contributed by atoms with Gasteiger partial charge >= 0.3 is 5.69 Å². The van der Waals surface area contributed by atoms with Crippen molar-refractivity contribution in [3.63, 3.8) is 0 Å². The van der Waals surface area contributed by atoms with Crippen molar-refractivity contribution >= 4 is 23.3 Å². The lowest BCUT2D eigenvalue weighted by Gasteiger charge is -2.25. The third-order valence-corrected chi connectivity index (χ3v) is 5.89. The fourth-order valence-electron chi connectivity index (χ4n) is 4.18. The van der Waals surface area contributed by atoms with Crippen molar-refractivity contribution in [3.8, 4) is 0 Å². The zero-order valence-corrected chi connectivity index (χ0v) is 20.2. The predicted molar refractivity (Wildman–Crippen MR) is 128 cm³/mol. The predicted octanol–water partition coefficient (Wildman–Crippen LogP) is 1.76. The van der Waals surface area contributed by atoms with Gasteiger partial charge in [0, 0.05) is 39.1 Å². The van der Waals surface area contributed by atoms with E-state index in [0.29, 0.717) is 6.54 Å². The van der Waals surface area contributed by atoms with Crippen molar-refractivity contribution in [2.24, 2.45) is 5.92 Å². The van der Waals surface area contributed by atoms with E-state index < -0.39 is 17.2 Å². The van der Waals surface area contributed by atoms with Gasteiger partial charge in [0.2, 0.25) is 11.8 Å². The van der Waals surface area contributed by atoms with Gasteiger partial charge in [0.15, 0.2) is 5.69 Å². The van der Waals surface area contributed by atoms with Crippen molar-refractivity contribution in [1.29, 1.82) is 0 Å². The number of aromatic amines is 1. The van der Waals surface area contributed by atoms with Crippen LogP contribution in [0.2, 0.25) is 0 Å². The van der Waals surface area contributed by atoms with E-state index in [9.17, 15) is 19.2 Å². The second-order valence-corrected chi connectivity index (χ2v) is 9.15. The van der Waals surface area contributed by atoms with E-state index in [0.717, 1.165) is 25.7 Å². The van der Waals surface area contributed by atoms with Gasteiger partial charge in [0.25, 0.3) is 5.56 Å². The summed E-state index contributed by atoms with van der Waals surface area (Å²) in [7, 11) is 1.48. The van der Waals surface area contributed by atoms with Gasteiger partial charge in [-0.2, -0.15) is 0 Å². The molecule has 0 saturated heterocycles. The lowest BCUT2D eigenvalue weighted by molar-refractivity contribution is -0.125. The number of nitrogen functional groups attached to an aromatic ring is 1. The highest BCUT2D eigenvalue weighted by molar-refractivity contribution is 5.97. The zero-order valence-electron chi connectivity index (χ0n) is 20.2. The minimum Gasteiger partial charge on any atom is -0.383 e. The van der Waals surface area contributed by atoms with Crippen LogP contribution in [-0.4, -0.2) is 47.7 Å². The highest BCUT2D eigenvalue weighted by Gasteiger charge is 2.25. The molecule has 2 rings (SSSR count). The van der Waals surface area contributed by atoms with E-state index >= 15 is 0 Å². The molecule has 0 unspecified atom stereocenters. The molecule has 0 bridgehead atoms. The Labute approximate surface area is 194 Å². The number of nitrogens with one attached hydrogen (secondary N) is 2. The largest absolute Gasteiger partial charge is 0.383 e. The molecule has 1 fully saturated rings. The normalized spacial score (nSPS) is 15.2. The van der Waals surface area contributed by atoms with E-state index in [1.165, 1.54) is 35.8 Å². The number of hydrogen-bond acceptors (Lipinski definition) is 6. The van der Waals surface area contributed by atoms with Crippen LogP contribution in [0.25, 0.3) is 0 Å². The Balaban J connectivity index is 2.14. The van der Waals surface area contributed by atoms with Crippen molar-refractivity contribution in [2.75, 3.05) is 30.9 Å². The van der Waals surface area contributed by atoms with Crippen LogP contribution in [0.3, 0.4) is 0 Å². The molecule has 1 aromatic heterocycles. The van der Waals surface area contributed by atoms with Gasteiger partial charge in [-0.05, 0) is 18.8 Å². The van der Waals surface area contributed by atoms with Crippen molar-refractivity contribution < 1.29 is 14.3 Å². The smallest absolute Gasteiger partial charge is 0.330 e. The Hall–Kier alpha value is -2.62. The summed E-state index contributed by atoms with van der Waals surface area (Å²) in [5, 5.41) is 3.05. The van der Waals surface area contributed by atoms with E-state index in [4.69, 9.17) is 10.5 Å². The number of carbonyl (C=O) groups is 2. The van der Waals surface area contributed by atoms with Gasteiger partial charge in [-0.1, -0.05) is 46.0 Å². The molecule has 0 radical (unpaired) electrons. The van der Waals surface area contributed by atoms with E-state index in [2.05, 4.69) is 10.3 Å². The number of amides is 2. The molecule has 1 aliphatic carbocycles. The van der Waals surface area contributed by atoms with Crippen LogP contribution in [0.15, 0.2) is 9.59 Å². The van der Waals surface area contributed by atoms with E-state index in [1.54, 1.807) is 0 Å². The molecule has 0 aliphatic heterocycles. The monoisotopic (exact) mass is 465 g/mol. The number of methoxy groups -OCH3 is 1. The Morgan fingerprint density at radius 1 is 1.15 bits per heavy atom. The van der Waals surface area contributed by atoms with Crippen LogP contribution in [0.4, 0.5) is 11.5 Å². The molecular formula is C23H39N5O5. The van der Waals surface area contributed by atoms with Gasteiger partial charge in [-0.15, -0.1) is 0 Å². The Morgan fingerprint density at radius 2 is 1.79 bits per heavy atom. The molecule has 2 amide bonds. The molecule has 0 aromatic carbocycles. The first-order chi connectivity index (χ1) is 15.7. The van der Waals surface area contributed by atoms with Crippen LogP contribution in [0.5, 0.6) is 0 Å². The molecular weight excluding hydrogens is 426 g/mol. The molecule has 1 saturated carbocycles. The fourth-order valence-corrected chi connectivity index (χ4v) is 4.18. The summed E-state index contributed by atoms with van der Waals surface area (Å²) >= 11 is 0. The number of nitrogens with zero attached hydrogens (tertiary/aromatic N) is 2. The summed E-state index contributed by atoms with van der Waals surface area (Å²) in [4.78, 5) is 53.9. The number of nitrogens with two attached hydrogens (primary N) is 1. The minimum atomic E-state index is -0.735. The topological polar surface area (TPSA) is 140 Å². The zero-order chi connectivity index (χ0) is 24.4. The first-order valence-electron chi connectivity index (χ1n) is 12.0. The first kappa shape index (κ1) is 26.6. The number of rotatable bonds is 10. The van der Waals surface area contributed by atoms with Gasteiger partial charge in [-0.3, -0.25) is 23.9 Å².